The molecule has 1 aromatic rings. The maximum Gasteiger partial charge on any atom is 0.178 e. The average molecular weight is 285 g/mol. The molecule has 1 aromatic carbocycles. The van der Waals surface area contributed by atoms with Crippen LogP contribution in [0.25, 0.3) is 0 Å². The van der Waals surface area contributed by atoms with Crippen molar-refractivity contribution in [1.29, 1.82) is 0 Å². The largest absolute Gasteiger partial charge is 0.380 e. The normalized spacial score (nSPS) is 13.2. The van der Waals surface area contributed by atoms with Crippen LogP contribution in [0.2, 0.25) is 0 Å². The third-order valence-corrected chi connectivity index (χ3v) is 4.61. The topological polar surface area (TPSA) is 55.4 Å². The van der Waals surface area contributed by atoms with Gasteiger partial charge in [0.1, 0.15) is 0 Å². The number of ether oxygens (including phenoxy) is 1. The van der Waals surface area contributed by atoms with Gasteiger partial charge in [0.05, 0.1) is 17.3 Å². The Morgan fingerprint density at radius 3 is 2.37 bits per heavy atom. The summed E-state index contributed by atoms with van der Waals surface area (Å²) >= 11 is 0. The minimum Gasteiger partial charge on any atom is -0.380 e. The molecule has 19 heavy (non-hydrogen) atoms. The van der Waals surface area contributed by atoms with Crippen molar-refractivity contribution in [2.45, 2.75) is 38.1 Å². The highest BCUT2D eigenvalue weighted by Gasteiger charge is 2.12. The van der Waals surface area contributed by atoms with E-state index in [1.165, 1.54) is 0 Å². The lowest BCUT2D eigenvalue weighted by Gasteiger charge is -2.15. The molecule has 0 fully saturated rings. The van der Waals surface area contributed by atoms with Gasteiger partial charge in [-0.05, 0) is 44.5 Å². The summed E-state index contributed by atoms with van der Waals surface area (Å²) in [5.74, 6) is 0.195. The van der Waals surface area contributed by atoms with Gasteiger partial charge in [-0.25, -0.2) is 8.42 Å². The average Bonchev–Trinajstić information content (AvgIpc) is 2.37. The Morgan fingerprint density at radius 1 is 1.21 bits per heavy atom. The fraction of sp³-hybridized carbons (Fsp3) is 0.571. The summed E-state index contributed by atoms with van der Waals surface area (Å²) in [6.07, 6.45) is 0.633. The van der Waals surface area contributed by atoms with Crippen LogP contribution in [0.3, 0.4) is 0 Å². The van der Waals surface area contributed by atoms with Gasteiger partial charge in [-0.2, -0.15) is 0 Å². The molecule has 1 atom stereocenters. The predicted molar refractivity (Wildman–Crippen MR) is 78.4 cm³/mol. The Bertz CT molecular complexity index is 468. The zero-order chi connectivity index (χ0) is 14.3. The number of hydrogen-bond donors (Lipinski definition) is 1. The van der Waals surface area contributed by atoms with Gasteiger partial charge in [0.15, 0.2) is 9.84 Å². The van der Waals surface area contributed by atoms with Crippen molar-refractivity contribution in [2.24, 2.45) is 0 Å². The predicted octanol–water partition coefficient (Wildman–Crippen LogP) is 2.71. The van der Waals surface area contributed by atoms with Crippen molar-refractivity contribution in [3.63, 3.8) is 0 Å². The zero-order valence-corrected chi connectivity index (χ0v) is 12.7. The van der Waals surface area contributed by atoms with Gasteiger partial charge in [0, 0.05) is 18.3 Å². The smallest absolute Gasteiger partial charge is 0.178 e. The molecule has 0 saturated heterocycles. The molecule has 1 N–H and O–H groups in total. The maximum absolute atomic E-state index is 11.9. The fourth-order valence-corrected chi connectivity index (χ4v) is 3.09. The molecule has 1 rings (SSSR count). The van der Waals surface area contributed by atoms with Crippen LogP contribution < -0.4 is 5.32 Å². The van der Waals surface area contributed by atoms with Crippen molar-refractivity contribution in [3.05, 3.63) is 24.3 Å². The van der Waals surface area contributed by atoms with Crippen LogP contribution in [0.4, 0.5) is 5.69 Å². The molecule has 0 heterocycles. The molecule has 1 unspecified atom stereocenters. The second-order valence-corrected chi connectivity index (χ2v) is 6.66. The summed E-state index contributed by atoms with van der Waals surface area (Å²) in [7, 11) is -3.12. The Morgan fingerprint density at radius 2 is 1.84 bits per heavy atom. The first kappa shape index (κ1) is 16.0. The molecule has 0 bridgehead atoms. The molecule has 0 aromatic heterocycles. The van der Waals surface area contributed by atoms with Crippen LogP contribution in [0.5, 0.6) is 0 Å². The number of sulfone groups is 1. The highest BCUT2D eigenvalue weighted by atomic mass is 32.2. The Labute approximate surface area is 116 Å². The van der Waals surface area contributed by atoms with Crippen molar-refractivity contribution >= 4 is 15.5 Å². The number of hydrogen-bond acceptors (Lipinski definition) is 4. The molecule has 4 nitrogen and oxygen atoms in total. The molecule has 5 heteroatoms. The van der Waals surface area contributed by atoms with Crippen molar-refractivity contribution in [3.8, 4) is 0 Å². The lowest BCUT2D eigenvalue weighted by molar-refractivity contribution is 0.141. The lowest BCUT2D eigenvalue weighted by Crippen LogP contribution is -2.21. The Balaban J connectivity index is 2.66. The first-order chi connectivity index (χ1) is 8.99. The summed E-state index contributed by atoms with van der Waals surface area (Å²) in [4.78, 5) is 0.386. The SMILES string of the molecule is CCCS(=O)(=O)c1ccc(NC(C)COCC)cc1. The number of benzene rings is 1. The fourth-order valence-electron chi connectivity index (χ4n) is 1.77. The van der Waals surface area contributed by atoms with E-state index in [2.05, 4.69) is 5.32 Å². The molecule has 0 spiro atoms. The van der Waals surface area contributed by atoms with Crippen molar-refractivity contribution < 1.29 is 13.2 Å². The highest BCUT2D eigenvalue weighted by molar-refractivity contribution is 7.91. The molecule has 108 valence electrons. The molecule has 0 aliphatic heterocycles. The quantitative estimate of drug-likeness (QED) is 0.798. The third kappa shape index (κ3) is 5.20. The minimum atomic E-state index is -3.12. The second kappa shape index (κ2) is 7.50. The first-order valence-corrected chi connectivity index (χ1v) is 8.32. The zero-order valence-electron chi connectivity index (χ0n) is 11.8. The summed E-state index contributed by atoms with van der Waals surface area (Å²) < 4.78 is 29.1. The maximum atomic E-state index is 11.9. The van der Waals surface area contributed by atoms with E-state index in [1.54, 1.807) is 24.3 Å². The molecular weight excluding hydrogens is 262 g/mol. The molecule has 0 aliphatic rings. The van der Waals surface area contributed by atoms with Crippen LogP contribution in [0, 0.1) is 0 Å². The Kier molecular flexibility index (Phi) is 6.31. The second-order valence-electron chi connectivity index (χ2n) is 4.55. The molecular formula is C14H23NO3S. The summed E-state index contributed by atoms with van der Waals surface area (Å²) in [5.41, 5.74) is 0.905. The number of nitrogens with one attached hydrogen (secondary N) is 1. The summed E-state index contributed by atoms with van der Waals surface area (Å²) in [6.45, 7) is 7.17. The van der Waals surface area contributed by atoms with E-state index in [9.17, 15) is 8.42 Å². The number of rotatable bonds is 8. The van der Waals surface area contributed by atoms with E-state index in [0.29, 0.717) is 24.5 Å². The van der Waals surface area contributed by atoms with Crippen LogP contribution in [0.1, 0.15) is 27.2 Å². The lowest BCUT2D eigenvalue weighted by atomic mass is 10.3. The third-order valence-electron chi connectivity index (χ3n) is 2.67. The minimum absolute atomic E-state index is 0.193. The van der Waals surface area contributed by atoms with E-state index < -0.39 is 9.84 Å². The Hall–Kier alpha value is -1.07. The van der Waals surface area contributed by atoms with E-state index in [4.69, 9.17) is 4.74 Å². The highest BCUT2D eigenvalue weighted by Crippen LogP contribution is 2.16. The molecule has 0 radical (unpaired) electrons. The van der Waals surface area contributed by atoms with E-state index in [-0.39, 0.29) is 11.8 Å². The van der Waals surface area contributed by atoms with Gasteiger partial charge in [0.2, 0.25) is 0 Å². The molecule has 0 aliphatic carbocycles. The van der Waals surface area contributed by atoms with Gasteiger partial charge >= 0.3 is 0 Å². The summed E-state index contributed by atoms with van der Waals surface area (Å²) in [6, 6.07) is 7.09. The van der Waals surface area contributed by atoms with Gasteiger partial charge in [-0.1, -0.05) is 6.92 Å². The summed E-state index contributed by atoms with van der Waals surface area (Å²) in [5, 5.41) is 3.27. The van der Waals surface area contributed by atoms with E-state index >= 15 is 0 Å². The van der Waals surface area contributed by atoms with Crippen LogP contribution in [-0.4, -0.2) is 33.4 Å². The van der Waals surface area contributed by atoms with Gasteiger partial charge in [0.25, 0.3) is 0 Å². The molecule has 0 amide bonds. The van der Waals surface area contributed by atoms with Crippen LogP contribution in [-0.2, 0) is 14.6 Å². The van der Waals surface area contributed by atoms with Gasteiger partial charge in [-0.15, -0.1) is 0 Å². The first-order valence-electron chi connectivity index (χ1n) is 6.66. The van der Waals surface area contributed by atoms with E-state index in [0.717, 1.165) is 5.69 Å². The van der Waals surface area contributed by atoms with Crippen LogP contribution in [0.15, 0.2) is 29.2 Å². The standard InChI is InChI=1S/C14H23NO3S/c1-4-10-19(16,17)14-8-6-13(7-9-14)15-12(3)11-18-5-2/h6-9,12,15H,4-5,10-11H2,1-3H3. The van der Waals surface area contributed by atoms with Gasteiger partial charge < -0.3 is 10.1 Å². The number of anilines is 1. The van der Waals surface area contributed by atoms with Crippen molar-refractivity contribution in [2.75, 3.05) is 24.3 Å². The van der Waals surface area contributed by atoms with Gasteiger partial charge in [-0.3, -0.25) is 0 Å². The monoisotopic (exact) mass is 285 g/mol. The van der Waals surface area contributed by atoms with Crippen LogP contribution >= 0.6 is 0 Å². The van der Waals surface area contributed by atoms with E-state index in [1.807, 2.05) is 20.8 Å². The molecule has 0 saturated carbocycles. The van der Waals surface area contributed by atoms with Crippen molar-refractivity contribution in [1.82, 2.24) is 0 Å².